The van der Waals surface area contributed by atoms with Crippen molar-refractivity contribution in [1.29, 1.82) is 0 Å². The lowest BCUT2D eigenvalue weighted by Gasteiger charge is -2.33. The molecule has 2 aromatic heterocycles. The van der Waals surface area contributed by atoms with Crippen LogP contribution in [0.25, 0.3) is 0 Å². The molecule has 0 aromatic carbocycles. The van der Waals surface area contributed by atoms with E-state index in [9.17, 15) is 13.2 Å². The first-order valence-corrected chi connectivity index (χ1v) is 11.0. The Morgan fingerprint density at radius 2 is 2.12 bits per heavy atom. The molecule has 1 amide bonds. The molecule has 1 aliphatic rings. The van der Waals surface area contributed by atoms with Gasteiger partial charge in [0, 0.05) is 37.9 Å². The lowest BCUT2D eigenvalue weighted by atomic mass is 9.85. The van der Waals surface area contributed by atoms with E-state index in [1.54, 1.807) is 29.9 Å². The van der Waals surface area contributed by atoms with Crippen LogP contribution >= 0.6 is 11.3 Å². The fourth-order valence-electron chi connectivity index (χ4n) is 3.22. The van der Waals surface area contributed by atoms with Gasteiger partial charge in [0.1, 0.15) is 4.21 Å². The second-order valence-corrected chi connectivity index (χ2v) is 9.65. The first-order valence-electron chi connectivity index (χ1n) is 8.69. The zero-order valence-corrected chi connectivity index (χ0v) is 16.3. The van der Waals surface area contributed by atoms with Crippen LogP contribution in [0.5, 0.6) is 0 Å². The normalized spacial score (nSPS) is 17.7. The molecule has 1 atom stereocenters. The van der Waals surface area contributed by atoms with E-state index in [4.69, 9.17) is 0 Å². The number of nitrogens with one attached hydrogen (secondary N) is 1. The van der Waals surface area contributed by atoms with Crippen molar-refractivity contribution in [3.05, 3.63) is 47.6 Å². The van der Waals surface area contributed by atoms with Crippen LogP contribution in [-0.4, -0.2) is 36.7 Å². The number of nitrogens with zero attached hydrogens (tertiary/aromatic N) is 2. The van der Waals surface area contributed by atoms with Crippen molar-refractivity contribution in [2.24, 2.45) is 11.8 Å². The van der Waals surface area contributed by atoms with Crippen LogP contribution in [0.4, 0.5) is 0 Å². The first kappa shape index (κ1) is 19.0. The summed E-state index contributed by atoms with van der Waals surface area (Å²) in [5.41, 5.74) is 0.963. The Kier molecular flexibility index (Phi) is 6.05. The van der Waals surface area contributed by atoms with Crippen molar-refractivity contribution in [1.82, 2.24) is 14.6 Å². The SMILES string of the molecule is C[C@H](C(=O)NCc1cccnc1)C1CCN(S(=O)(=O)c2cccs2)CC1. The van der Waals surface area contributed by atoms with Crippen LogP contribution in [-0.2, 0) is 21.4 Å². The van der Waals surface area contributed by atoms with Crippen molar-refractivity contribution in [3.8, 4) is 0 Å². The molecule has 0 radical (unpaired) electrons. The van der Waals surface area contributed by atoms with Crippen molar-refractivity contribution < 1.29 is 13.2 Å². The minimum atomic E-state index is -3.39. The van der Waals surface area contributed by atoms with Crippen LogP contribution in [0, 0.1) is 11.8 Å². The lowest BCUT2D eigenvalue weighted by molar-refractivity contribution is -0.126. The highest BCUT2D eigenvalue weighted by molar-refractivity contribution is 7.91. The van der Waals surface area contributed by atoms with E-state index in [2.05, 4.69) is 10.3 Å². The van der Waals surface area contributed by atoms with Crippen LogP contribution in [0.2, 0.25) is 0 Å². The van der Waals surface area contributed by atoms with Gasteiger partial charge >= 0.3 is 0 Å². The molecule has 0 aliphatic carbocycles. The van der Waals surface area contributed by atoms with Gasteiger partial charge < -0.3 is 5.32 Å². The van der Waals surface area contributed by atoms with Crippen LogP contribution < -0.4 is 5.32 Å². The molecule has 3 rings (SSSR count). The topological polar surface area (TPSA) is 79.4 Å². The number of thiophene rings is 1. The highest BCUT2D eigenvalue weighted by Gasteiger charge is 2.33. The zero-order valence-electron chi connectivity index (χ0n) is 14.7. The van der Waals surface area contributed by atoms with Gasteiger partial charge in [-0.1, -0.05) is 19.1 Å². The monoisotopic (exact) mass is 393 g/mol. The number of carbonyl (C=O) groups is 1. The van der Waals surface area contributed by atoms with Gasteiger partial charge in [-0.2, -0.15) is 4.31 Å². The van der Waals surface area contributed by atoms with Gasteiger partial charge in [-0.3, -0.25) is 9.78 Å². The summed E-state index contributed by atoms with van der Waals surface area (Å²) < 4.78 is 27.1. The third-order valence-electron chi connectivity index (χ3n) is 4.90. The summed E-state index contributed by atoms with van der Waals surface area (Å²) in [6.45, 7) is 3.31. The number of sulfonamides is 1. The van der Waals surface area contributed by atoms with Gasteiger partial charge in [0.25, 0.3) is 10.0 Å². The zero-order chi connectivity index (χ0) is 18.6. The molecule has 2 aromatic rings. The highest BCUT2D eigenvalue weighted by atomic mass is 32.2. The smallest absolute Gasteiger partial charge is 0.252 e. The largest absolute Gasteiger partial charge is 0.352 e. The number of hydrogen-bond donors (Lipinski definition) is 1. The maximum atomic E-state index is 12.6. The standard InChI is InChI=1S/C18H23N3O3S2/c1-14(18(22)20-13-15-4-2-8-19-12-15)16-6-9-21(10-7-16)26(23,24)17-5-3-11-25-17/h2-5,8,11-12,14,16H,6-7,9-10,13H2,1H3,(H,20,22)/t14-/m0/s1. The minimum absolute atomic E-state index is 0.00779. The Morgan fingerprint density at radius 1 is 1.35 bits per heavy atom. The summed E-state index contributed by atoms with van der Waals surface area (Å²) in [6.07, 6.45) is 4.84. The van der Waals surface area contributed by atoms with E-state index >= 15 is 0 Å². The molecule has 3 heterocycles. The molecule has 26 heavy (non-hydrogen) atoms. The van der Waals surface area contributed by atoms with Gasteiger partial charge in [-0.05, 0) is 41.8 Å². The Hall–Kier alpha value is -1.77. The van der Waals surface area contributed by atoms with Crippen LogP contribution in [0.15, 0.2) is 46.2 Å². The summed E-state index contributed by atoms with van der Waals surface area (Å²) >= 11 is 1.24. The molecule has 0 spiro atoms. The maximum absolute atomic E-state index is 12.6. The molecule has 0 bridgehead atoms. The number of piperidine rings is 1. The molecule has 0 saturated carbocycles. The molecule has 8 heteroatoms. The molecular weight excluding hydrogens is 370 g/mol. The number of carbonyl (C=O) groups excluding carboxylic acids is 1. The summed E-state index contributed by atoms with van der Waals surface area (Å²) in [5.74, 6) is 0.0605. The van der Waals surface area contributed by atoms with E-state index in [-0.39, 0.29) is 17.7 Å². The van der Waals surface area contributed by atoms with Gasteiger partial charge in [0.05, 0.1) is 0 Å². The van der Waals surface area contributed by atoms with Crippen molar-refractivity contribution in [3.63, 3.8) is 0 Å². The van der Waals surface area contributed by atoms with Gasteiger partial charge in [0.2, 0.25) is 5.91 Å². The predicted octanol–water partition coefficient (Wildman–Crippen LogP) is 2.50. The van der Waals surface area contributed by atoms with E-state index in [1.165, 1.54) is 15.6 Å². The number of pyridine rings is 1. The fraction of sp³-hybridized carbons (Fsp3) is 0.444. The van der Waals surface area contributed by atoms with Crippen LogP contribution in [0.1, 0.15) is 25.3 Å². The maximum Gasteiger partial charge on any atom is 0.252 e. The molecule has 1 aliphatic heterocycles. The molecule has 1 N–H and O–H groups in total. The number of amides is 1. The Bertz CT molecular complexity index is 815. The van der Waals surface area contributed by atoms with Gasteiger partial charge in [-0.25, -0.2) is 8.42 Å². The number of hydrogen-bond acceptors (Lipinski definition) is 5. The van der Waals surface area contributed by atoms with E-state index in [0.29, 0.717) is 36.7 Å². The quantitative estimate of drug-likeness (QED) is 0.818. The first-order chi connectivity index (χ1) is 12.5. The molecule has 140 valence electrons. The summed E-state index contributed by atoms with van der Waals surface area (Å²) in [4.78, 5) is 16.5. The second kappa shape index (κ2) is 8.28. The van der Waals surface area contributed by atoms with Crippen molar-refractivity contribution in [2.75, 3.05) is 13.1 Å². The van der Waals surface area contributed by atoms with Gasteiger partial charge in [-0.15, -0.1) is 11.3 Å². The van der Waals surface area contributed by atoms with Crippen molar-refractivity contribution >= 4 is 27.3 Å². The fourth-order valence-corrected chi connectivity index (χ4v) is 5.83. The molecule has 0 unspecified atom stereocenters. The third kappa shape index (κ3) is 4.31. The summed E-state index contributed by atoms with van der Waals surface area (Å²) in [6, 6.07) is 7.15. The Morgan fingerprint density at radius 3 is 2.73 bits per heavy atom. The lowest BCUT2D eigenvalue weighted by Crippen LogP contribution is -2.42. The average molecular weight is 394 g/mol. The van der Waals surface area contributed by atoms with Gasteiger partial charge in [0.15, 0.2) is 0 Å². The van der Waals surface area contributed by atoms with E-state index in [1.807, 2.05) is 19.1 Å². The van der Waals surface area contributed by atoms with Crippen LogP contribution in [0.3, 0.4) is 0 Å². The minimum Gasteiger partial charge on any atom is -0.352 e. The summed E-state index contributed by atoms with van der Waals surface area (Å²) in [7, 11) is -3.39. The second-order valence-electron chi connectivity index (χ2n) is 6.54. The van der Waals surface area contributed by atoms with E-state index in [0.717, 1.165) is 5.56 Å². The number of aromatic nitrogens is 1. The molecular formula is C18H23N3O3S2. The summed E-state index contributed by atoms with van der Waals surface area (Å²) in [5, 5.41) is 4.72. The predicted molar refractivity (Wildman–Crippen MR) is 101 cm³/mol. The molecule has 1 fully saturated rings. The highest BCUT2D eigenvalue weighted by Crippen LogP contribution is 2.29. The average Bonchev–Trinajstić information content (AvgIpc) is 3.22. The molecule has 1 saturated heterocycles. The molecule has 6 nitrogen and oxygen atoms in total. The Labute approximate surface area is 158 Å². The van der Waals surface area contributed by atoms with E-state index < -0.39 is 10.0 Å². The Balaban J connectivity index is 1.51. The van der Waals surface area contributed by atoms with Crippen molar-refractivity contribution in [2.45, 2.75) is 30.5 Å². The third-order valence-corrected chi connectivity index (χ3v) is 8.17. The number of rotatable bonds is 6.